The average Bonchev–Trinajstić information content (AvgIpc) is 3.11. The molecule has 3 aromatic rings. The molecule has 0 amide bonds. The fourth-order valence-electron chi connectivity index (χ4n) is 2.87. The van der Waals surface area contributed by atoms with Crippen LogP contribution in [0.4, 0.5) is 11.5 Å². The lowest BCUT2D eigenvalue weighted by atomic mass is 10.1. The second-order valence-corrected chi connectivity index (χ2v) is 6.80. The summed E-state index contributed by atoms with van der Waals surface area (Å²) in [5.41, 5.74) is 4.43. The summed E-state index contributed by atoms with van der Waals surface area (Å²) in [5.74, 6) is 1.28. The molecule has 1 aromatic carbocycles. The first kappa shape index (κ1) is 18.8. The summed E-state index contributed by atoms with van der Waals surface area (Å²) in [5, 5.41) is 16.1. The molecule has 0 aliphatic heterocycles. The third-order valence-corrected chi connectivity index (χ3v) is 4.95. The monoisotopic (exact) mass is 383 g/mol. The second-order valence-electron chi connectivity index (χ2n) is 6.06. The molecule has 0 bridgehead atoms. The Balaban J connectivity index is 1.95. The Bertz CT molecular complexity index is 952. The van der Waals surface area contributed by atoms with E-state index in [1.807, 2.05) is 29.8 Å². The average molecular weight is 383 g/mol. The van der Waals surface area contributed by atoms with Crippen LogP contribution in [0.5, 0.6) is 5.75 Å². The number of rotatable bonds is 7. The molecule has 140 valence electrons. The van der Waals surface area contributed by atoms with Crippen molar-refractivity contribution in [3.63, 3.8) is 0 Å². The van der Waals surface area contributed by atoms with E-state index in [0.29, 0.717) is 5.82 Å². The number of carboxylic acid groups (broad SMARTS) is 1. The zero-order chi connectivity index (χ0) is 19.4. The number of thiophene rings is 1. The van der Waals surface area contributed by atoms with Crippen molar-refractivity contribution in [3.05, 3.63) is 51.8 Å². The third kappa shape index (κ3) is 4.25. The van der Waals surface area contributed by atoms with Crippen LogP contribution >= 0.6 is 11.3 Å². The largest absolute Gasteiger partial charge is 0.495 e. The van der Waals surface area contributed by atoms with E-state index in [1.54, 1.807) is 30.6 Å². The highest BCUT2D eigenvalue weighted by molar-refractivity contribution is 7.08. The van der Waals surface area contributed by atoms with Gasteiger partial charge in [0.2, 0.25) is 0 Å². The number of carboxylic acids is 1. The smallest absolute Gasteiger partial charge is 0.307 e. The summed E-state index contributed by atoms with van der Waals surface area (Å²) in [6.45, 7) is 4.04. The van der Waals surface area contributed by atoms with Crippen molar-refractivity contribution >= 4 is 28.8 Å². The quantitative estimate of drug-likeness (QED) is 0.627. The molecule has 3 rings (SSSR count). The van der Waals surface area contributed by atoms with Crippen LogP contribution < -0.4 is 10.1 Å². The minimum Gasteiger partial charge on any atom is -0.495 e. The van der Waals surface area contributed by atoms with Crippen LogP contribution in [0.15, 0.2) is 35.0 Å². The number of nitrogens with one attached hydrogen (secondary N) is 1. The van der Waals surface area contributed by atoms with Crippen molar-refractivity contribution in [2.24, 2.45) is 0 Å². The lowest BCUT2D eigenvalue weighted by molar-refractivity contribution is -0.136. The standard InChI is InChI=1S/C20H21N3O3S/c1-4-15-12(2)21-20(16-10-27-11-17(16)26-3)23-19(15)22-14-7-5-13(6-8-14)9-18(24)25/h5-8,10-11H,4,9H2,1-3H3,(H,24,25)(H,21,22,23). The number of hydrogen-bond donors (Lipinski definition) is 2. The number of nitrogens with zero attached hydrogens (tertiary/aromatic N) is 2. The van der Waals surface area contributed by atoms with Crippen LogP contribution in [0, 0.1) is 6.92 Å². The summed E-state index contributed by atoms with van der Waals surface area (Å²) < 4.78 is 5.40. The van der Waals surface area contributed by atoms with Crippen molar-refractivity contribution in [1.82, 2.24) is 9.97 Å². The highest BCUT2D eigenvalue weighted by atomic mass is 32.1. The molecular weight excluding hydrogens is 362 g/mol. The molecule has 2 aromatic heterocycles. The SMILES string of the molecule is CCc1c(C)nc(-c2cscc2OC)nc1Nc1ccc(CC(=O)O)cc1. The molecule has 0 aliphatic rings. The van der Waals surface area contributed by atoms with Crippen LogP contribution in [0.3, 0.4) is 0 Å². The number of methoxy groups -OCH3 is 1. The molecule has 0 atom stereocenters. The predicted molar refractivity (Wildman–Crippen MR) is 107 cm³/mol. The van der Waals surface area contributed by atoms with Crippen LogP contribution in [0.2, 0.25) is 0 Å². The Morgan fingerprint density at radius 2 is 1.96 bits per heavy atom. The van der Waals surface area contributed by atoms with Gasteiger partial charge in [0, 0.05) is 27.7 Å². The van der Waals surface area contributed by atoms with Crippen molar-refractivity contribution in [2.45, 2.75) is 26.7 Å². The van der Waals surface area contributed by atoms with Crippen molar-refractivity contribution in [3.8, 4) is 17.1 Å². The number of aromatic nitrogens is 2. The van der Waals surface area contributed by atoms with E-state index < -0.39 is 5.97 Å². The third-order valence-electron chi connectivity index (χ3n) is 4.23. The van der Waals surface area contributed by atoms with Crippen LogP contribution in [0.25, 0.3) is 11.4 Å². The molecule has 2 N–H and O–H groups in total. The molecule has 7 heteroatoms. The second kappa shape index (κ2) is 8.18. The fourth-order valence-corrected chi connectivity index (χ4v) is 3.64. The van der Waals surface area contributed by atoms with Gasteiger partial charge in [0.15, 0.2) is 5.82 Å². The van der Waals surface area contributed by atoms with E-state index in [-0.39, 0.29) is 6.42 Å². The molecule has 0 saturated heterocycles. The van der Waals surface area contributed by atoms with Gasteiger partial charge in [0.05, 0.1) is 19.1 Å². The number of carbonyl (C=O) groups is 1. The molecular formula is C20H21N3O3S. The highest BCUT2D eigenvalue weighted by Crippen LogP contribution is 2.33. The topological polar surface area (TPSA) is 84.3 Å². The number of aliphatic carboxylic acids is 1. The summed E-state index contributed by atoms with van der Waals surface area (Å²) in [6, 6.07) is 7.33. The lowest BCUT2D eigenvalue weighted by Crippen LogP contribution is -2.05. The number of hydrogen-bond acceptors (Lipinski definition) is 6. The molecule has 0 radical (unpaired) electrons. The van der Waals surface area contributed by atoms with Gasteiger partial charge in [0.25, 0.3) is 0 Å². The molecule has 0 fully saturated rings. The Morgan fingerprint density at radius 3 is 2.59 bits per heavy atom. The van der Waals surface area contributed by atoms with Crippen LogP contribution in [-0.4, -0.2) is 28.2 Å². The number of ether oxygens (including phenoxy) is 1. The first-order chi connectivity index (χ1) is 13.0. The maximum atomic E-state index is 10.8. The van der Waals surface area contributed by atoms with E-state index >= 15 is 0 Å². The van der Waals surface area contributed by atoms with Gasteiger partial charge in [-0.25, -0.2) is 9.97 Å². The Morgan fingerprint density at radius 1 is 1.22 bits per heavy atom. The van der Waals surface area contributed by atoms with Gasteiger partial charge in [-0.3, -0.25) is 4.79 Å². The van der Waals surface area contributed by atoms with Gasteiger partial charge >= 0.3 is 5.97 Å². The van der Waals surface area contributed by atoms with Gasteiger partial charge in [-0.2, -0.15) is 0 Å². The predicted octanol–water partition coefficient (Wildman–Crippen LogP) is 4.46. The van der Waals surface area contributed by atoms with E-state index in [9.17, 15) is 4.79 Å². The molecule has 0 unspecified atom stereocenters. The summed E-state index contributed by atoms with van der Waals surface area (Å²) >= 11 is 1.54. The Labute approximate surface area is 161 Å². The van der Waals surface area contributed by atoms with Gasteiger partial charge in [0.1, 0.15) is 11.6 Å². The van der Waals surface area contributed by atoms with E-state index in [1.165, 1.54) is 0 Å². The first-order valence-corrected chi connectivity index (χ1v) is 9.52. The highest BCUT2D eigenvalue weighted by Gasteiger charge is 2.15. The summed E-state index contributed by atoms with van der Waals surface area (Å²) in [6.07, 6.45) is 0.807. The molecule has 0 aliphatic carbocycles. The van der Waals surface area contributed by atoms with Crippen molar-refractivity contribution < 1.29 is 14.6 Å². The van der Waals surface area contributed by atoms with Crippen LogP contribution in [-0.2, 0) is 17.6 Å². The minimum absolute atomic E-state index is 0.00913. The van der Waals surface area contributed by atoms with E-state index in [0.717, 1.165) is 46.1 Å². The minimum atomic E-state index is -0.843. The van der Waals surface area contributed by atoms with Crippen molar-refractivity contribution in [2.75, 3.05) is 12.4 Å². The first-order valence-electron chi connectivity index (χ1n) is 8.57. The molecule has 2 heterocycles. The maximum absolute atomic E-state index is 10.8. The van der Waals surface area contributed by atoms with E-state index in [4.69, 9.17) is 14.8 Å². The zero-order valence-corrected chi connectivity index (χ0v) is 16.3. The van der Waals surface area contributed by atoms with E-state index in [2.05, 4.69) is 17.2 Å². The number of anilines is 2. The molecule has 0 spiro atoms. The number of aryl methyl sites for hydroxylation is 1. The summed E-state index contributed by atoms with van der Waals surface area (Å²) in [4.78, 5) is 20.2. The molecule has 6 nitrogen and oxygen atoms in total. The van der Waals surface area contributed by atoms with Crippen LogP contribution in [0.1, 0.15) is 23.7 Å². The molecule has 0 saturated carbocycles. The Kier molecular flexibility index (Phi) is 5.71. The number of benzene rings is 1. The van der Waals surface area contributed by atoms with Gasteiger partial charge < -0.3 is 15.2 Å². The maximum Gasteiger partial charge on any atom is 0.307 e. The Hall–Kier alpha value is -2.93. The normalized spacial score (nSPS) is 10.6. The fraction of sp³-hybridized carbons (Fsp3) is 0.250. The van der Waals surface area contributed by atoms with Gasteiger partial charge in [-0.1, -0.05) is 19.1 Å². The zero-order valence-electron chi connectivity index (χ0n) is 15.4. The molecule has 27 heavy (non-hydrogen) atoms. The lowest BCUT2D eigenvalue weighted by Gasteiger charge is -2.14. The summed E-state index contributed by atoms with van der Waals surface area (Å²) in [7, 11) is 1.64. The van der Waals surface area contributed by atoms with Gasteiger partial charge in [-0.15, -0.1) is 11.3 Å². The van der Waals surface area contributed by atoms with Gasteiger partial charge in [-0.05, 0) is 31.0 Å². The van der Waals surface area contributed by atoms with Crippen molar-refractivity contribution in [1.29, 1.82) is 0 Å².